The molecule has 0 aliphatic carbocycles. The fraction of sp³-hybridized carbons (Fsp3) is 0.250. The van der Waals surface area contributed by atoms with Gasteiger partial charge in [0.25, 0.3) is 0 Å². The van der Waals surface area contributed by atoms with Gasteiger partial charge in [-0.05, 0) is 72.8 Å². The van der Waals surface area contributed by atoms with Gasteiger partial charge in [-0.25, -0.2) is 0 Å². The largest absolute Gasteiger partial charge is 0.416 e. The standard InChI is InChI=1S/C24H23F3N2/c1-15-9-11-20(18-7-3-2-6-17(15)18)23-19(8-4-5-13-28)21-14-16(24(25,26)27)10-12-22(21)29-23/h2-3,6-7,9-12,14,29H,4-5,8,13,28H2,1H3. The summed E-state index contributed by atoms with van der Waals surface area (Å²) in [6.07, 6.45) is -2.02. The van der Waals surface area contributed by atoms with E-state index in [4.69, 9.17) is 5.73 Å². The Labute approximate surface area is 167 Å². The first-order valence-corrected chi connectivity index (χ1v) is 9.80. The lowest BCUT2D eigenvalue weighted by Crippen LogP contribution is -2.04. The molecule has 1 aromatic heterocycles. The Morgan fingerprint density at radius 3 is 2.38 bits per heavy atom. The topological polar surface area (TPSA) is 41.8 Å². The van der Waals surface area contributed by atoms with Crippen LogP contribution in [0.2, 0.25) is 0 Å². The molecule has 0 unspecified atom stereocenters. The van der Waals surface area contributed by atoms with Gasteiger partial charge in [0.2, 0.25) is 0 Å². The molecule has 0 amide bonds. The predicted molar refractivity (Wildman–Crippen MR) is 113 cm³/mol. The van der Waals surface area contributed by atoms with Crippen LogP contribution in [0, 0.1) is 6.92 Å². The van der Waals surface area contributed by atoms with Gasteiger partial charge in [-0.2, -0.15) is 13.2 Å². The van der Waals surface area contributed by atoms with Crippen LogP contribution in [0.4, 0.5) is 13.2 Å². The van der Waals surface area contributed by atoms with Crippen LogP contribution in [-0.4, -0.2) is 11.5 Å². The van der Waals surface area contributed by atoms with Crippen molar-refractivity contribution in [1.82, 2.24) is 4.98 Å². The van der Waals surface area contributed by atoms with Crippen molar-refractivity contribution in [2.24, 2.45) is 5.73 Å². The molecule has 2 nitrogen and oxygen atoms in total. The maximum Gasteiger partial charge on any atom is 0.416 e. The molecule has 0 saturated heterocycles. The van der Waals surface area contributed by atoms with Gasteiger partial charge in [0.05, 0.1) is 11.3 Å². The lowest BCUT2D eigenvalue weighted by Gasteiger charge is -2.11. The van der Waals surface area contributed by atoms with E-state index >= 15 is 0 Å². The van der Waals surface area contributed by atoms with Crippen molar-refractivity contribution in [2.45, 2.75) is 32.4 Å². The van der Waals surface area contributed by atoms with Gasteiger partial charge in [-0.1, -0.05) is 36.4 Å². The molecule has 3 aromatic carbocycles. The second-order valence-electron chi connectivity index (χ2n) is 7.46. The maximum atomic E-state index is 13.3. The Bertz CT molecular complexity index is 1170. The molecule has 0 radical (unpaired) electrons. The molecule has 5 heteroatoms. The predicted octanol–water partition coefficient (Wildman–Crippen LogP) is 6.60. The van der Waals surface area contributed by atoms with E-state index in [2.05, 4.69) is 36.2 Å². The smallest absolute Gasteiger partial charge is 0.354 e. The van der Waals surface area contributed by atoms with Crippen LogP contribution >= 0.6 is 0 Å². The normalized spacial score (nSPS) is 12.2. The zero-order chi connectivity index (χ0) is 20.6. The Balaban J connectivity index is 1.97. The highest BCUT2D eigenvalue weighted by Crippen LogP contribution is 2.39. The summed E-state index contributed by atoms with van der Waals surface area (Å²) in [6, 6.07) is 16.2. The van der Waals surface area contributed by atoms with E-state index in [1.165, 1.54) is 17.7 Å². The van der Waals surface area contributed by atoms with Gasteiger partial charge >= 0.3 is 6.18 Å². The number of benzene rings is 3. The van der Waals surface area contributed by atoms with Crippen molar-refractivity contribution in [3.63, 3.8) is 0 Å². The zero-order valence-electron chi connectivity index (χ0n) is 16.2. The highest BCUT2D eigenvalue weighted by atomic mass is 19.4. The maximum absolute atomic E-state index is 13.3. The molecule has 0 aliphatic rings. The van der Waals surface area contributed by atoms with Crippen molar-refractivity contribution in [2.75, 3.05) is 6.54 Å². The van der Waals surface area contributed by atoms with E-state index in [1.54, 1.807) is 0 Å². The number of halogens is 3. The first-order chi connectivity index (χ1) is 13.9. The summed E-state index contributed by atoms with van der Waals surface area (Å²) in [6.45, 7) is 2.63. The van der Waals surface area contributed by atoms with Gasteiger partial charge in [-0.15, -0.1) is 0 Å². The van der Waals surface area contributed by atoms with Crippen LogP contribution in [0.25, 0.3) is 32.9 Å². The Morgan fingerprint density at radius 2 is 1.66 bits per heavy atom. The minimum Gasteiger partial charge on any atom is -0.354 e. The summed E-state index contributed by atoms with van der Waals surface area (Å²) >= 11 is 0. The van der Waals surface area contributed by atoms with Crippen molar-refractivity contribution in [3.05, 3.63) is 71.3 Å². The van der Waals surface area contributed by atoms with Crippen LogP contribution in [0.1, 0.15) is 29.5 Å². The number of nitrogens with two attached hydrogens (primary N) is 1. The van der Waals surface area contributed by atoms with Gasteiger partial charge in [0.1, 0.15) is 0 Å². The van der Waals surface area contributed by atoms with E-state index in [9.17, 15) is 13.2 Å². The fourth-order valence-electron chi connectivity index (χ4n) is 4.03. The van der Waals surface area contributed by atoms with Crippen molar-refractivity contribution in [3.8, 4) is 11.3 Å². The number of fused-ring (bicyclic) bond motifs is 2. The average Bonchev–Trinajstić information content (AvgIpc) is 3.06. The third-order valence-electron chi connectivity index (χ3n) is 5.53. The number of aryl methyl sites for hydroxylation is 2. The number of hydrogen-bond acceptors (Lipinski definition) is 1. The molecule has 0 fully saturated rings. The molecule has 0 atom stereocenters. The Morgan fingerprint density at radius 1 is 0.897 bits per heavy atom. The van der Waals surface area contributed by atoms with E-state index in [1.807, 2.05) is 12.1 Å². The lowest BCUT2D eigenvalue weighted by molar-refractivity contribution is -0.137. The fourth-order valence-corrected chi connectivity index (χ4v) is 4.03. The number of hydrogen-bond donors (Lipinski definition) is 2. The van der Waals surface area contributed by atoms with E-state index < -0.39 is 11.7 Å². The molecular weight excluding hydrogens is 373 g/mol. The number of H-pyrrole nitrogens is 1. The first-order valence-electron chi connectivity index (χ1n) is 9.80. The highest BCUT2D eigenvalue weighted by molar-refractivity contribution is 6.02. The van der Waals surface area contributed by atoms with Crippen LogP contribution < -0.4 is 5.73 Å². The van der Waals surface area contributed by atoms with Crippen molar-refractivity contribution >= 4 is 21.7 Å². The van der Waals surface area contributed by atoms with Crippen LogP contribution in [0.5, 0.6) is 0 Å². The zero-order valence-corrected chi connectivity index (χ0v) is 16.2. The molecule has 4 aromatic rings. The minimum absolute atomic E-state index is 0.568. The summed E-state index contributed by atoms with van der Waals surface area (Å²) in [5.74, 6) is 0. The Hall–Kier alpha value is -2.79. The van der Waals surface area contributed by atoms with E-state index in [0.717, 1.165) is 52.0 Å². The van der Waals surface area contributed by atoms with Crippen LogP contribution in [-0.2, 0) is 12.6 Å². The van der Waals surface area contributed by atoms with Crippen molar-refractivity contribution < 1.29 is 13.2 Å². The monoisotopic (exact) mass is 396 g/mol. The molecule has 1 heterocycles. The molecule has 4 rings (SSSR count). The number of nitrogens with one attached hydrogen (secondary N) is 1. The summed E-state index contributed by atoms with van der Waals surface area (Å²) < 4.78 is 39.9. The molecule has 150 valence electrons. The molecule has 3 N–H and O–H groups in total. The number of unbranched alkanes of at least 4 members (excludes halogenated alkanes) is 1. The second-order valence-corrected chi connectivity index (χ2v) is 7.46. The number of aromatic amines is 1. The molecule has 0 spiro atoms. The van der Waals surface area contributed by atoms with Crippen LogP contribution in [0.15, 0.2) is 54.6 Å². The van der Waals surface area contributed by atoms with Gasteiger partial charge in [0.15, 0.2) is 0 Å². The minimum atomic E-state index is -4.36. The third kappa shape index (κ3) is 3.62. The number of rotatable bonds is 5. The summed E-state index contributed by atoms with van der Waals surface area (Å²) in [4.78, 5) is 3.40. The van der Waals surface area contributed by atoms with E-state index in [0.29, 0.717) is 18.4 Å². The third-order valence-corrected chi connectivity index (χ3v) is 5.53. The van der Waals surface area contributed by atoms with Gasteiger partial charge in [0, 0.05) is 16.5 Å². The molecule has 29 heavy (non-hydrogen) atoms. The first kappa shape index (κ1) is 19.5. The number of aromatic nitrogens is 1. The summed E-state index contributed by atoms with van der Waals surface area (Å²) in [5.41, 5.74) is 9.75. The quantitative estimate of drug-likeness (QED) is 0.367. The van der Waals surface area contributed by atoms with E-state index in [-0.39, 0.29) is 0 Å². The van der Waals surface area contributed by atoms with Gasteiger partial charge in [-0.3, -0.25) is 0 Å². The summed E-state index contributed by atoms with van der Waals surface area (Å²) in [5, 5.41) is 2.87. The van der Waals surface area contributed by atoms with Crippen LogP contribution in [0.3, 0.4) is 0 Å². The average molecular weight is 396 g/mol. The molecule has 0 bridgehead atoms. The lowest BCUT2D eigenvalue weighted by atomic mass is 9.94. The molecule has 0 aliphatic heterocycles. The molecular formula is C24H23F3N2. The van der Waals surface area contributed by atoms with Gasteiger partial charge < -0.3 is 10.7 Å². The Kier molecular flexibility index (Phi) is 5.09. The number of alkyl halides is 3. The van der Waals surface area contributed by atoms with Crippen molar-refractivity contribution in [1.29, 1.82) is 0 Å². The molecule has 0 saturated carbocycles. The second kappa shape index (κ2) is 7.56. The summed E-state index contributed by atoms with van der Waals surface area (Å²) in [7, 11) is 0. The highest BCUT2D eigenvalue weighted by Gasteiger charge is 2.31. The SMILES string of the molecule is Cc1ccc(-c2[nH]c3ccc(C(F)(F)F)cc3c2CCCCN)c2ccccc12.